The summed E-state index contributed by atoms with van der Waals surface area (Å²) in [5, 5.41) is 5.99. The van der Waals surface area contributed by atoms with Crippen molar-refractivity contribution in [1.82, 2.24) is 0 Å². The molecule has 5 heteroatoms. The van der Waals surface area contributed by atoms with Crippen LogP contribution in [0.4, 0.5) is 11.4 Å². The van der Waals surface area contributed by atoms with Gasteiger partial charge in [0.2, 0.25) is 5.91 Å². The van der Waals surface area contributed by atoms with Crippen LogP contribution in [-0.4, -0.2) is 12.5 Å². The molecule has 0 aliphatic carbocycles. The lowest BCUT2D eigenvalue weighted by Crippen LogP contribution is -2.22. The molecule has 0 radical (unpaired) electrons. The second-order valence-electron chi connectivity index (χ2n) is 4.87. The molecule has 1 amide bonds. The lowest BCUT2D eigenvalue weighted by molar-refractivity contribution is -0.114. The van der Waals surface area contributed by atoms with Crippen LogP contribution in [0.3, 0.4) is 0 Å². The van der Waals surface area contributed by atoms with E-state index in [4.69, 9.17) is 0 Å². The number of hydrogen-bond acceptors (Lipinski definition) is 2. The van der Waals surface area contributed by atoms with Gasteiger partial charge in [-0.05, 0) is 75.5 Å². The first kappa shape index (κ1) is 16.0. The van der Waals surface area contributed by atoms with E-state index in [-0.39, 0.29) is 12.5 Å². The average molecular weight is 412 g/mol. The topological polar surface area (TPSA) is 41.1 Å². The Balaban J connectivity index is 1.97. The summed E-state index contributed by atoms with van der Waals surface area (Å²) in [7, 11) is 0. The Labute approximate surface area is 141 Å². The van der Waals surface area contributed by atoms with Gasteiger partial charge in [0.1, 0.15) is 0 Å². The summed E-state index contributed by atoms with van der Waals surface area (Å²) in [6.07, 6.45) is 0. The minimum Gasteiger partial charge on any atom is -0.374 e. The Morgan fingerprint density at radius 1 is 1.00 bits per heavy atom. The fraction of sp³-hybridized carbons (Fsp3) is 0.188. The van der Waals surface area contributed by atoms with Crippen molar-refractivity contribution >= 4 is 49.1 Å². The summed E-state index contributed by atoms with van der Waals surface area (Å²) in [5.41, 5.74) is 3.98. The molecule has 21 heavy (non-hydrogen) atoms. The molecule has 3 nitrogen and oxygen atoms in total. The van der Waals surface area contributed by atoms with Crippen LogP contribution in [0, 0.1) is 13.8 Å². The van der Waals surface area contributed by atoms with E-state index in [9.17, 15) is 4.79 Å². The van der Waals surface area contributed by atoms with Gasteiger partial charge >= 0.3 is 0 Å². The van der Waals surface area contributed by atoms with E-state index in [1.54, 1.807) is 0 Å². The third kappa shape index (κ3) is 4.58. The van der Waals surface area contributed by atoms with E-state index in [0.29, 0.717) is 0 Å². The van der Waals surface area contributed by atoms with Crippen LogP contribution < -0.4 is 10.6 Å². The first-order valence-electron chi connectivity index (χ1n) is 6.52. The molecule has 0 aliphatic heterocycles. The van der Waals surface area contributed by atoms with Crippen molar-refractivity contribution in [3.8, 4) is 0 Å². The quantitative estimate of drug-likeness (QED) is 0.752. The van der Waals surface area contributed by atoms with Crippen molar-refractivity contribution < 1.29 is 4.79 Å². The smallest absolute Gasteiger partial charge is 0.243 e. The van der Waals surface area contributed by atoms with Gasteiger partial charge in [-0.15, -0.1) is 0 Å². The highest BCUT2D eigenvalue weighted by molar-refractivity contribution is 9.11. The van der Waals surface area contributed by atoms with Crippen molar-refractivity contribution in [2.45, 2.75) is 13.8 Å². The van der Waals surface area contributed by atoms with Gasteiger partial charge in [-0.25, -0.2) is 0 Å². The third-order valence-corrected chi connectivity index (χ3v) is 4.20. The predicted octanol–water partition coefficient (Wildman–Crippen LogP) is 4.88. The molecule has 2 N–H and O–H groups in total. The number of aryl methyl sites for hydroxylation is 2. The summed E-state index contributed by atoms with van der Waals surface area (Å²) in [4.78, 5) is 12.0. The summed E-state index contributed by atoms with van der Waals surface area (Å²) in [5.74, 6) is -0.0850. The number of benzene rings is 2. The summed E-state index contributed by atoms with van der Waals surface area (Å²) < 4.78 is 1.86. The van der Waals surface area contributed by atoms with E-state index >= 15 is 0 Å². The first-order chi connectivity index (χ1) is 9.95. The van der Waals surface area contributed by atoms with Crippen molar-refractivity contribution in [2.75, 3.05) is 17.2 Å². The normalized spacial score (nSPS) is 10.3. The number of carbonyl (C=O) groups excluding carboxylic acids is 1. The lowest BCUT2D eigenvalue weighted by Gasteiger charge is -2.12. The fourth-order valence-corrected chi connectivity index (χ4v) is 3.58. The Kier molecular flexibility index (Phi) is 5.42. The van der Waals surface area contributed by atoms with Crippen molar-refractivity contribution in [2.24, 2.45) is 0 Å². The fourth-order valence-electron chi connectivity index (χ4n) is 1.88. The minimum atomic E-state index is -0.0850. The van der Waals surface area contributed by atoms with E-state index in [0.717, 1.165) is 25.9 Å². The molecule has 2 aromatic rings. The molecular formula is C16H16Br2N2O. The van der Waals surface area contributed by atoms with Crippen LogP contribution in [0.5, 0.6) is 0 Å². The Morgan fingerprint density at radius 3 is 2.14 bits per heavy atom. The molecule has 0 saturated carbocycles. The molecule has 0 fully saturated rings. The average Bonchev–Trinajstić information content (AvgIpc) is 2.40. The number of rotatable bonds is 4. The second kappa shape index (κ2) is 7.09. The van der Waals surface area contributed by atoms with Crippen LogP contribution in [0.2, 0.25) is 0 Å². The predicted molar refractivity (Wildman–Crippen MR) is 94.9 cm³/mol. The highest BCUT2D eigenvalue weighted by Crippen LogP contribution is 2.32. The zero-order valence-electron chi connectivity index (χ0n) is 11.8. The molecule has 0 spiro atoms. The van der Waals surface area contributed by atoms with Crippen LogP contribution in [-0.2, 0) is 4.79 Å². The zero-order chi connectivity index (χ0) is 15.4. The highest BCUT2D eigenvalue weighted by Gasteiger charge is 2.08. The number of carbonyl (C=O) groups is 1. The lowest BCUT2D eigenvalue weighted by atomic mass is 10.2. The Morgan fingerprint density at radius 2 is 1.57 bits per heavy atom. The second-order valence-corrected chi connectivity index (χ2v) is 6.58. The summed E-state index contributed by atoms with van der Waals surface area (Å²) in [6, 6.07) is 11.7. The third-order valence-electron chi connectivity index (χ3n) is 2.95. The van der Waals surface area contributed by atoms with Gasteiger partial charge in [0, 0.05) is 14.6 Å². The SMILES string of the molecule is Cc1ccc(NC(=O)CNc2c(Br)cc(C)cc2Br)cc1. The monoisotopic (exact) mass is 410 g/mol. The molecule has 2 rings (SSSR count). The minimum absolute atomic E-state index is 0.0850. The van der Waals surface area contributed by atoms with Crippen molar-refractivity contribution in [3.05, 3.63) is 56.5 Å². The number of anilines is 2. The number of nitrogens with one attached hydrogen (secondary N) is 2. The molecule has 0 heterocycles. The standard InChI is InChI=1S/C16H16Br2N2O/c1-10-3-5-12(6-4-10)20-15(21)9-19-16-13(17)7-11(2)8-14(16)18/h3-8,19H,9H2,1-2H3,(H,20,21). The van der Waals surface area contributed by atoms with E-state index < -0.39 is 0 Å². The molecule has 0 saturated heterocycles. The molecule has 0 unspecified atom stereocenters. The van der Waals surface area contributed by atoms with Crippen LogP contribution in [0.15, 0.2) is 45.3 Å². The van der Waals surface area contributed by atoms with E-state index in [1.807, 2.05) is 50.2 Å². The van der Waals surface area contributed by atoms with Crippen LogP contribution in [0.1, 0.15) is 11.1 Å². The number of hydrogen-bond donors (Lipinski definition) is 2. The molecule has 0 bridgehead atoms. The molecule has 0 aromatic heterocycles. The van der Waals surface area contributed by atoms with Gasteiger partial charge in [0.25, 0.3) is 0 Å². The molecular weight excluding hydrogens is 396 g/mol. The van der Waals surface area contributed by atoms with Gasteiger partial charge in [0.05, 0.1) is 12.2 Å². The maximum Gasteiger partial charge on any atom is 0.243 e. The van der Waals surface area contributed by atoms with Gasteiger partial charge in [-0.1, -0.05) is 17.7 Å². The number of halogens is 2. The summed E-state index contributed by atoms with van der Waals surface area (Å²) >= 11 is 7.00. The molecule has 0 atom stereocenters. The molecule has 0 aliphatic rings. The zero-order valence-corrected chi connectivity index (χ0v) is 15.0. The van der Waals surface area contributed by atoms with E-state index in [1.165, 1.54) is 5.56 Å². The van der Waals surface area contributed by atoms with Gasteiger partial charge in [-0.3, -0.25) is 4.79 Å². The molecule has 110 valence electrons. The van der Waals surface area contributed by atoms with E-state index in [2.05, 4.69) is 42.5 Å². The van der Waals surface area contributed by atoms with Gasteiger partial charge < -0.3 is 10.6 Å². The summed E-state index contributed by atoms with van der Waals surface area (Å²) in [6.45, 7) is 4.23. The largest absolute Gasteiger partial charge is 0.374 e. The van der Waals surface area contributed by atoms with Gasteiger partial charge in [-0.2, -0.15) is 0 Å². The maximum absolute atomic E-state index is 12.0. The molecule has 2 aromatic carbocycles. The first-order valence-corrected chi connectivity index (χ1v) is 8.10. The Bertz CT molecular complexity index is 631. The Hall–Kier alpha value is -1.33. The van der Waals surface area contributed by atoms with Crippen LogP contribution >= 0.6 is 31.9 Å². The van der Waals surface area contributed by atoms with Gasteiger partial charge in [0.15, 0.2) is 0 Å². The number of amides is 1. The van der Waals surface area contributed by atoms with Crippen molar-refractivity contribution in [3.63, 3.8) is 0 Å². The highest BCUT2D eigenvalue weighted by atomic mass is 79.9. The van der Waals surface area contributed by atoms with Crippen molar-refractivity contribution in [1.29, 1.82) is 0 Å². The van der Waals surface area contributed by atoms with Crippen LogP contribution in [0.25, 0.3) is 0 Å². The maximum atomic E-state index is 12.0.